The SMILES string of the molecule is CC(C)N1CCN(C(=O)OC(=O)c2cccs2)CC1. The minimum Gasteiger partial charge on any atom is -0.372 e. The fourth-order valence-electron chi connectivity index (χ4n) is 2.01. The Kier molecular flexibility index (Phi) is 4.55. The maximum absolute atomic E-state index is 11.8. The largest absolute Gasteiger partial charge is 0.417 e. The molecule has 1 aliphatic rings. The summed E-state index contributed by atoms with van der Waals surface area (Å²) in [5, 5.41) is 1.78. The lowest BCUT2D eigenvalue weighted by molar-refractivity contribution is 0.0467. The van der Waals surface area contributed by atoms with Crippen LogP contribution in [0.1, 0.15) is 23.5 Å². The van der Waals surface area contributed by atoms with E-state index in [2.05, 4.69) is 18.7 Å². The summed E-state index contributed by atoms with van der Waals surface area (Å²) >= 11 is 1.27. The number of rotatable bonds is 2. The molecular formula is C13H18N2O3S. The lowest BCUT2D eigenvalue weighted by atomic mass is 10.2. The van der Waals surface area contributed by atoms with Gasteiger partial charge in [-0.25, -0.2) is 9.59 Å². The lowest BCUT2D eigenvalue weighted by Crippen LogP contribution is -2.51. The molecule has 0 atom stereocenters. The molecule has 19 heavy (non-hydrogen) atoms. The Labute approximate surface area is 116 Å². The molecule has 1 fully saturated rings. The Morgan fingerprint density at radius 2 is 1.95 bits per heavy atom. The van der Waals surface area contributed by atoms with Crippen LogP contribution in [0.15, 0.2) is 17.5 Å². The number of ether oxygens (including phenoxy) is 1. The summed E-state index contributed by atoms with van der Waals surface area (Å²) in [4.78, 5) is 27.8. The summed E-state index contributed by atoms with van der Waals surface area (Å²) < 4.78 is 4.87. The number of carbonyl (C=O) groups excluding carboxylic acids is 2. The summed E-state index contributed by atoms with van der Waals surface area (Å²) in [5.74, 6) is -0.564. The number of carbonyl (C=O) groups is 2. The van der Waals surface area contributed by atoms with Gasteiger partial charge in [-0.2, -0.15) is 0 Å². The number of piperazine rings is 1. The Balaban J connectivity index is 1.83. The van der Waals surface area contributed by atoms with Crippen LogP contribution < -0.4 is 0 Å². The predicted molar refractivity (Wildman–Crippen MR) is 73.4 cm³/mol. The molecule has 1 aliphatic heterocycles. The van der Waals surface area contributed by atoms with Crippen LogP contribution >= 0.6 is 11.3 Å². The van der Waals surface area contributed by atoms with Gasteiger partial charge in [0.25, 0.3) is 0 Å². The van der Waals surface area contributed by atoms with Crippen LogP contribution in [0.25, 0.3) is 0 Å². The monoisotopic (exact) mass is 282 g/mol. The maximum Gasteiger partial charge on any atom is 0.417 e. The molecule has 5 nitrogen and oxygen atoms in total. The van der Waals surface area contributed by atoms with Crippen LogP contribution in [0.5, 0.6) is 0 Å². The summed E-state index contributed by atoms with van der Waals surface area (Å²) in [7, 11) is 0. The van der Waals surface area contributed by atoms with Gasteiger partial charge >= 0.3 is 12.1 Å². The van der Waals surface area contributed by atoms with E-state index in [0.29, 0.717) is 24.0 Å². The highest BCUT2D eigenvalue weighted by Gasteiger charge is 2.25. The molecule has 2 heterocycles. The molecule has 6 heteroatoms. The Bertz CT molecular complexity index is 437. The molecular weight excluding hydrogens is 264 g/mol. The van der Waals surface area contributed by atoms with Crippen molar-refractivity contribution in [3.05, 3.63) is 22.4 Å². The summed E-state index contributed by atoms with van der Waals surface area (Å²) in [5.41, 5.74) is 0. The molecule has 0 radical (unpaired) electrons. The first-order valence-electron chi connectivity index (χ1n) is 6.36. The topological polar surface area (TPSA) is 49.9 Å². The molecule has 0 aliphatic carbocycles. The molecule has 1 aromatic heterocycles. The highest BCUT2D eigenvalue weighted by molar-refractivity contribution is 7.12. The van der Waals surface area contributed by atoms with Gasteiger partial charge in [0, 0.05) is 32.2 Å². The average Bonchev–Trinajstić information content (AvgIpc) is 2.92. The summed E-state index contributed by atoms with van der Waals surface area (Å²) in [6, 6.07) is 3.88. The van der Waals surface area contributed by atoms with Crippen molar-refractivity contribution in [2.75, 3.05) is 26.2 Å². The molecule has 104 valence electrons. The predicted octanol–water partition coefficient (Wildman–Crippen LogP) is 2.05. The lowest BCUT2D eigenvalue weighted by Gasteiger charge is -2.36. The zero-order valence-electron chi connectivity index (χ0n) is 11.2. The van der Waals surface area contributed by atoms with Crippen LogP contribution in [-0.4, -0.2) is 54.1 Å². The first-order valence-corrected chi connectivity index (χ1v) is 7.24. The highest BCUT2D eigenvalue weighted by atomic mass is 32.1. The second-order valence-electron chi connectivity index (χ2n) is 4.75. The molecule has 0 N–H and O–H groups in total. The Morgan fingerprint density at radius 1 is 1.26 bits per heavy atom. The van der Waals surface area contributed by atoms with Crippen LogP contribution in [-0.2, 0) is 4.74 Å². The summed E-state index contributed by atoms with van der Waals surface area (Å²) in [6.07, 6.45) is -0.540. The third kappa shape index (κ3) is 3.54. The third-order valence-corrected chi connectivity index (χ3v) is 4.06. The van der Waals surface area contributed by atoms with Crippen molar-refractivity contribution in [3.63, 3.8) is 0 Å². The van der Waals surface area contributed by atoms with Gasteiger partial charge < -0.3 is 9.64 Å². The molecule has 0 saturated carbocycles. The van der Waals surface area contributed by atoms with Gasteiger partial charge in [-0.3, -0.25) is 4.90 Å². The van der Waals surface area contributed by atoms with Crippen molar-refractivity contribution in [1.82, 2.24) is 9.80 Å². The first-order chi connectivity index (χ1) is 9.08. The number of nitrogens with zero attached hydrogens (tertiary/aromatic N) is 2. The van der Waals surface area contributed by atoms with Crippen LogP contribution in [0, 0.1) is 0 Å². The molecule has 0 spiro atoms. The standard InChI is InChI=1S/C13H18N2O3S/c1-10(2)14-5-7-15(8-6-14)13(17)18-12(16)11-4-3-9-19-11/h3-4,9-10H,5-8H2,1-2H3. The molecule has 0 bridgehead atoms. The van der Waals surface area contributed by atoms with Crippen molar-refractivity contribution >= 4 is 23.4 Å². The number of thiophene rings is 1. The molecule has 1 saturated heterocycles. The van der Waals surface area contributed by atoms with Gasteiger partial charge in [0.1, 0.15) is 4.88 Å². The zero-order valence-corrected chi connectivity index (χ0v) is 12.0. The van der Waals surface area contributed by atoms with E-state index in [9.17, 15) is 9.59 Å². The molecule has 2 rings (SSSR count). The van der Waals surface area contributed by atoms with E-state index in [4.69, 9.17) is 4.74 Å². The number of esters is 1. The number of hydrogen-bond acceptors (Lipinski definition) is 5. The Hall–Kier alpha value is -1.40. The zero-order chi connectivity index (χ0) is 13.8. The average molecular weight is 282 g/mol. The van der Waals surface area contributed by atoms with Crippen LogP contribution in [0.2, 0.25) is 0 Å². The maximum atomic E-state index is 11.8. The van der Waals surface area contributed by atoms with Gasteiger partial charge in [-0.05, 0) is 25.3 Å². The van der Waals surface area contributed by atoms with E-state index in [0.717, 1.165) is 13.1 Å². The quantitative estimate of drug-likeness (QED) is 0.615. The summed E-state index contributed by atoms with van der Waals surface area (Å²) in [6.45, 7) is 7.12. The first kappa shape index (κ1) is 14.0. The van der Waals surface area contributed by atoms with E-state index in [1.165, 1.54) is 11.3 Å². The fraction of sp³-hybridized carbons (Fsp3) is 0.538. The van der Waals surface area contributed by atoms with Gasteiger partial charge in [-0.15, -0.1) is 11.3 Å². The van der Waals surface area contributed by atoms with Crippen molar-refractivity contribution in [3.8, 4) is 0 Å². The molecule has 1 amide bonds. The van der Waals surface area contributed by atoms with Gasteiger partial charge in [0.2, 0.25) is 0 Å². The van der Waals surface area contributed by atoms with E-state index >= 15 is 0 Å². The highest BCUT2D eigenvalue weighted by Crippen LogP contribution is 2.12. The minimum absolute atomic E-state index is 0.453. The number of amides is 1. The number of hydrogen-bond donors (Lipinski definition) is 0. The van der Waals surface area contributed by atoms with Gasteiger partial charge in [0.05, 0.1) is 0 Å². The molecule has 0 aromatic carbocycles. The van der Waals surface area contributed by atoms with E-state index < -0.39 is 12.1 Å². The van der Waals surface area contributed by atoms with Crippen molar-refractivity contribution in [2.45, 2.75) is 19.9 Å². The third-order valence-electron chi connectivity index (χ3n) is 3.21. The fourth-order valence-corrected chi connectivity index (χ4v) is 2.61. The smallest absolute Gasteiger partial charge is 0.372 e. The minimum atomic E-state index is -0.564. The van der Waals surface area contributed by atoms with Gasteiger partial charge in [-0.1, -0.05) is 6.07 Å². The normalized spacial score (nSPS) is 16.7. The van der Waals surface area contributed by atoms with Gasteiger partial charge in [0.15, 0.2) is 0 Å². The van der Waals surface area contributed by atoms with E-state index in [-0.39, 0.29) is 0 Å². The Morgan fingerprint density at radius 3 is 2.47 bits per heavy atom. The second kappa shape index (κ2) is 6.16. The molecule has 1 aromatic rings. The van der Waals surface area contributed by atoms with Crippen molar-refractivity contribution < 1.29 is 14.3 Å². The van der Waals surface area contributed by atoms with E-state index in [1.807, 2.05) is 0 Å². The van der Waals surface area contributed by atoms with Crippen molar-refractivity contribution in [2.24, 2.45) is 0 Å². The van der Waals surface area contributed by atoms with E-state index in [1.54, 1.807) is 22.4 Å². The molecule has 0 unspecified atom stereocenters. The van der Waals surface area contributed by atoms with Crippen LogP contribution in [0.4, 0.5) is 4.79 Å². The van der Waals surface area contributed by atoms with Crippen molar-refractivity contribution in [1.29, 1.82) is 0 Å². The second-order valence-corrected chi connectivity index (χ2v) is 5.70. The van der Waals surface area contributed by atoms with Crippen LogP contribution in [0.3, 0.4) is 0 Å².